The van der Waals surface area contributed by atoms with E-state index >= 15 is 0 Å². The fourth-order valence-electron chi connectivity index (χ4n) is 2.12. The first-order valence-electron chi connectivity index (χ1n) is 6.73. The van der Waals surface area contributed by atoms with Gasteiger partial charge in [0.05, 0.1) is 16.1 Å². The van der Waals surface area contributed by atoms with Crippen LogP contribution in [0.5, 0.6) is 0 Å². The van der Waals surface area contributed by atoms with E-state index in [0.29, 0.717) is 16.5 Å². The molecular weight excluding hydrogens is 310 g/mol. The monoisotopic (exact) mass is 319 g/mol. The Bertz CT molecular complexity index is 939. The number of hydrogen-bond donors (Lipinski definition) is 2. The van der Waals surface area contributed by atoms with Gasteiger partial charge in [0.2, 0.25) is 0 Å². The van der Waals surface area contributed by atoms with Crippen LogP contribution < -0.4 is 5.32 Å². The maximum absolute atomic E-state index is 8.74. The van der Waals surface area contributed by atoms with Crippen molar-refractivity contribution in [3.05, 3.63) is 59.3 Å². The number of para-hydroxylation sites is 2. The molecule has 2 N–H and O–H groups in total. The van der Waals surface area contributed by atoms with Crippen molar-refractivity contribution in [2.75, 3.05) is 5.32 Å². The number of aromatic nitrogens is 2. The third-order valence-corrected chi connectivity index (χ3v) is 3.56. The molecule has 1 aromatic heterocycles. The summed E-state index contributed by atoms with van der Waals surface area (Å²) in [6.45, 7) is 0. The molecule has 6 heteroatoms. The summed E-state index contributed by atoms with van der Waals surface area (Å²) in [7, 11) is 0. The van der Waals surface area contributed by atoms with Crippen molar-refractivity contribution >= 4 is 28.3 Å². The Hall–Kier alpha value is -3.28. The minimum atomic E-state index is -0.00904. The van der Waals surface area contributed by atoms with Gasteiger partial charge >= 0.3 is 0 Å². The minimum absolute atomic E-state index is 0.00904. The van der Waals surface area contributed by atoms with Crippen molar-refractivity contribution in [2.24, 2.45) is 0 Å². The van der Waals surface area contributed by atoms with Crippen LogP contribution in [0, 0.1) is 22.7 Å². The molecule has 0 fully saturated rings. The van der Waals surface area contributed by atoms with Crippen molar-refractivity contribution in [1.82, 2.24) is 9.97 Å². The van der Waals surface area contributed by atoms with E-state index in [-0.39, 0.29) is 5.57 Å². The van der Waals surface area contributed by atoms with Crippen LogP contribution in [0.1, 0.15) is 0 Å². The fourth-order valence-corrected chi connectivity index (χ4v) is 2.33. The zero-order valence-corrected chi connectivity index (χ0v) is 12.6. The highest BCUT2D eigenvalue weighted by Crippen LogP contribution is 2.30. The SMILES string of the molecule is N#CC(C#N)=CNc1ccc(Cl)c(-c2nc3ccccc3[nH]2)c1. The molecule has 0 aliphatic heterocycles. The summed E-state index contributed by atoms with van der Waals surface area (Å²) in [5.41, 5.74) is 3.20. The summed E-state index contributed by atoms with van der Waals surface area (Å²) in [5, 5.41) is 21.0. The van der Waals surface area contributed by atoms with Gasteiger partial charge in [0.1, 0.15) is 23.5 Å². The summed E-state index contributed by atoms with van der Waals surface area (Å²) < 4.78 is 0. The molecule has 0 amide bonds. The molecule has 0 unspecified atom stereocenters. The van der Waals surface area contributed by atoms with E-state index < -0.39 is 0 Å². The van der Waals surface area contributed by atoms with Crippen LogP contribution >= 0.6 is 11.6 Å². The highest BCUT2D eigenvalue weighted by molar-refractivity contribution is 6.33. The molecule has 110 valence electrons. The number of nitrogens with zero attached hydrogens (tertiary/aromatic N) is 3. The molecule has 3 rings (SSSR count). The largest absolute Gasteiger partial charge is 0.360 e. The van der Waals surface area contributed by atoms with Crippen LogP contribution in [0.4, 0.5) is 5.69 Å². The number of anilines is 1. The van der Waals surface area contributed by atoms with E-state index in [1.54, 1.807) is 24.3 Å². The van der Waals surface area contributed by atoms with Crippen LogP contribution in [0.2, 0.25) is 5.02 Å². The number of allylic oxidation sites excluding steroid dienone is 1. The first-order valence-corrected chi connectivity index (χ1v) is 7.10. The standard InChI is InChI=1S/C17H10ClN5/c18-14-6-5-12(21-10-11(8-19)9-20)7-13(14)17-22-15-3-1-2-4-16(15)23-17/h1-7,10,21H,(H,22,23). The van der Waals surface area contributed by atoms with Gasteiger partial charge in [0, 0.05) is 17.5 Å². The summed E-state index contributed by atoms with van der Waals surface area (Å²) >= 11 is 6.27. The minimum Gasteiger partial charge on any atom is -0.360 e. The van der Waals surface area contributed by atoms with Crippen molar-refractivity contribution < 1.29 is 0 Å². The third-order valence-electron chi connectivity index (χ3n) is 3.23. The van der Waals surface area contributed by atoms with Gasteiger partial charge < -0.3 is 10.3 Å². The number of nitriles is 2. The average Bonchev–Trinajstić information content (AvgIpc) is 3.01. The van der Waals surface area contributed by atoms with Gasteiger partial charge in [-0.2, -0.15) is 10.5 Å². The van der Waals surface area contributed by atoms with Gasteiger partial charge in [-0.3, -0.25) is 0 Å². The van der Waals surface area contributed by atoms with E-state index in [1.807, 2.05) is 30.3 Å². The second-order valence-corrected chi connectivity index (χ2v) is 5.13. The quantitative estimate of drug-likeness (QED) is 0.707. The predicted molar refractivity (Wildman–Crippen MR) is 89.5 cm³/mol. The molecule has 0 saturated carbocycles. The van der Waals surface area contributed by atoms with Crippen molar-refractivity contribution in [3.8, 4) is 23.5 Å². The Morgan fingerprint density at radius 1 is 1.17 bits per heavy atom. The Morgan fingerprint density at radius 2 is 1.96 bits per heavy atom. The molecule has 1 heterocycles. The van der Waals surface area contributed by atoms with Gasteiger partial charge in [0.15, 0.2) is 0 Å². The fraction of sp³-hybridized carbons (Fsp3) is 0. The van der Waals surface area contributed by atoms with E-state index in [9.17, 15) is 0 Å². The molecule has 0 aliphatic rings. The molecule has 5 nitrogen and oxygen atoms in total. The first kappa shape index (κ1) is 14.6. The maximum Gasteiger partial charge on any atom is 0.145 e. The van der Waals surface area contributed by atoms with E-state index in [1.165, 1.54) is 6.20 Å². The topological polar surface area (TPSA) is 88.3 Å². The van der Waals surface area contributed by atoms with E-state index in [2.05, 4.69) is 15.3 Å². The lowest BCUT2D eigenvalue weighted by atomic mass is 10.2. The van der Waals surface area contributed by atoms with Crippen molar-refractivity contribution in [2.45, 2.75) is 0 Å². The van der Waals surface area contributed by atoms with E-state index in [4.69, 9.17) is 22.1 Å². The number of H-pyrrole nitrogens is 1. The Kier molecular flexibility index (Phi) is 3.97. The second kappa shape index (κ2) is 6.23. The molecule has 0 spiro atoms. The van der Waals surface area contributed by atoms with Crippen LogP contribution in [-0.4, -0.2) is 9.97 Å². The number of hydrogen-bond acceptors (Lipinski definition) is 4. The molecule has 0 radical (unpaired) electrons. The van der Waals surface area contributed by atoms with Gasteiger partial charge in [-0.1, -0.05) is 23.7 Å². The number of fused-ring (bicyclic) bond motifs is 1. The Morgan fingerprint density at radius 3 is 2.70 bits per heavy atom. The summed E-state index contributed by atoms with van der Waals surface area (Å²) in [6.07, 6.45) is 1.35. The highest BCUT2D eigenvalue weighted by Gasteiger charge is 2.09. The molecule has 2 aromatic carbocycles. The molecule has 0 aliphatic carbocycles. The molecule has 23 heavy (non-hydrogen) atoms. The first-order chi connectivity index (χ1) is 11.2. The third kappa shape index (κ3) is 3.01. The second-order valence-electron chi connectivity index (χ2n) is 4.72. The van der Waals surface area contributed by atoms with Gasteiger partial charge in [-0.15, -0.1) is 0 Å². The lowest BCUT2D eigenvalue weighted by molar-refractivity contribution is 1.33. The normalized spacial score (nSPS) is 9.87. The van der Waals surface area contributed by atoms with Crippen molar-refractivity contribution in [1.29, 1.82) is 10.5 Å². The number of rotatable bonds is 3. The summed E-state index contributed by atoms with van der Waals surface area (Å²) in [4.78, 5) is 7.75. The number of nitrogens with one attached hydrogen (secondary N) is 2. The molecular formula is C17H10ClN5. The maximum atomic E-state index is 8.74. The Labute approximate surface area is 137 Å². The zero-order valence-electron chi connectivity index (χ0n) is 11.8. The van der Waals surface area contributed by atoms with Crippen LogP contribution in [0.3, 0.4) is 0 Å². The van der Waals surface area contributed by atoms with Crippen LogP contribution in [0.25, 0.3) is 22.4 Å². The smallest absolute Gasteiger partial charge is 0.145 e. The molecule has 0 saturated heterocycles. The van der Waals surface area contributed by atoms with E-state index in [0.717, 1.165) is 16.6 Å². The van der Waals surface area contributed by atoms with Crippen LogP contribution in [0.15, 0.2) is 54.2 Å². The van der Waals surface area contributed by atoms with Crippen molar-refractivity contribution in [3.63, 3.8) is 0 Å². The zero-order chi connectivity index (χ0) is 16.2. The summed E-state index contributed by atoms with van der Waals surface area (Å²) in [6, 6.07) is 16.6. The number of imidazole rings is 1. The number of aromatic amines is 1. The molecule has 0 bridgehead atoms. The van der Waals surface area contributed by atoms with Gasteiger partial charge in [-0.05, 0) is 30.3 Å². The van der Waals surface area contributed by atoms with Gasteiger partial charge in [0.25, 0.3) is 0 Å². The predicted octanol–water partition coefficient (Wildman–Crippen LogP) is 4.23. The highest BCUT2D eigenvalue weighted by atomic mass is 35.5. The molecule has 0 atom stereocenters. The lowest BCUT2D eigenvalue weighted by Gasteiger charge is -2.05. The lowest BCUT2D eigenvalue weighted by Crippen LogP contribution is -1.91. The molecule has 3 aromatic rings. The Balaban J connectivity index is 1.99. The van der Waals surface area contributed by atoms with Gasteiger partial charge in [-0.25, -0.2) is 4.98 Å². The summed E-state index contributed by atoms with van der Waals surface area (Å²) in [5.74, 6) is 0.657. The number of benzene rings is 2. The van der Waals surface area contributed by atoms with Crippen LogP contribution in [-0.2, 0) is 0 Å². The number of halogens is 1. The average molecular weight is 320 g/mol.